The Morgan fingerprint density at radius 2 is 2.04 bits per heavy atom. The van der Waals surface area contributed by atoms with Crippen LogP contribution in [-0.2, 0) is 16.1 Å². The molecule has 2 amide bonds. The van der Waals surface area contributed by atoms with Gasteiger partial charge >= 0.3 is 0 Å². The lowest BCUT2D eigenvalue weighted by Gasteiger charge is -2.52. The molecular formula is C21H29N3O3. The van der Waals surface area contributed by atoms with Gasteiger partial charge in [-0.1, -0.05) is 12.1 Å². The summed E-state index contributed by atoms with van der Waals surface area (Å²) in [5, 5.41) is 3.03. The maximum absolute atomic E-state index is 12.4. The molecule has 2 unspecified atom stereocenters. The average molecular weight is 371 g/mol. The maximum atomic E-state index is 12.4. The van der Waals surface area contributed by atoms with Crippen LogP contribution in [-0.4, -0.2) is 60.9 Å². The van der Waals surface area contributed by atoms with Gasteiger partial charge in [0.15, 0.2) is 0 Å². The Morgan fingerprint density at radius 1 is 1.22 bits per heavy atom. The first-order valence-electron chi connectivity index (χ1n) is 10.0. The van der Waals surface area contributed by atoms with E-state index in [1.807, 2.05) is 24.3 Å². The number of hydrogen-bond donors (Lipinski definition) is 1. The molecule has 3 aliphatic rings. The fourth-order valence-electron chi connectivity index (χ4n) is 5.04. The lowest BCUT2D eigenvalue weighted by atomic mass is 9.76. The van der Waals surface area contributed by atoms with Gasteiger partial charge in [0.25, 0.3) is 0 Å². The smallest absolute Gasteiger partial charge is 0.234 e. The van der Waals surface area contributed by atoms with Gasteiger partial charge in [-0.3, -0.25) is 14.5 Å². The molecule has 1 N–H and O–H groups in total. The number of nitrogens with one attached hydrogen (secondary N) is 1. The first kappa shape index (κ1) is 18.3. The summed E-state index contributed by atoms with van der Waals surface area (Å²) in [5.74, 6) is 2.27. The number of carbonyl (C=O) groups is 2. The number of carbonyl (C=O) groups excluding carboxylic acids is 2. The van der Waals surface area contributed by atoms with Crippen molar-refractivity contribution in [2.24, 2.45) is 11.8 Å². The lowest BCUT2D eigenvalue weighted by molar-refractivity contribution is -0.145. The first-order chi connectivity index (χ1) is 13.1. The summed E-state index contributed by atoms with van der Waals surface area (Å²) >= 11 is 0. The average Bonchev–Trinajstić information content (AvgIpc) is 2.67. The topological polar surface area (TPSA) is 61.9 Å². The summed E-state index contributed by atoms with van der Waals surface area (Å²) in [4.78, 5) is 29.1. The molecule has 3 heterocycles. The second-order valence-electron chi connectivity index (χ2n) is 8.19. The second-order valence-corrected chi connectivity index (χ2v) is 8.19. The Balaban J connectivity index is 1.28. The van der Waals surface area contributed by atoms with E-state index in [4.69, 9.17) is 4.74 Å². The molecule has 3 fully saturated rings. The summed E-state index contributed by atoms with van der Waals surface area (Å²) in [5.41, 5.74) is 1.07. The number of benzene rings is 1. The Morgan fingerprint density at radius 3 is 2.81 bits per heavy atom. The minimum absolute atomic E-state index is 0.0716. The normalized spacial score (nSPS) is 27.8. The molecule has 6 nitrogen and oxygen atoms in total. The van der Waals surface area contributed by atoms with Crippen LogP contribution in [0.15, 0.2) is 24.3 Å². The van der Waals surface area contributed by atoms with E-state index >= 15 is 0 Å². The fraction of sp³-hybridized carbons (Fsp3) is 0.619. The van der Waals surface area contributed by atoms with Crippen molar-refractivity contribution in [2.45, 2.75) is 38.3 Å². The van der Waals surface area contributed by atoms with Gasteiger partial charge in [0.05, 0.1) is 13.7 Å². The molecule has 0 saturated carbocycles. The van der Waals surface area contributed by atoms with Gasteiger partial charge in [0.1, 0.15) is 5.75 Å². The van der Waals surface area contributed by atoms with Gasteiger partial charge in [-0.15, -0.1) is 0 Å². The molecule has 0 aliphatic carbocycles. The van der Waals surface area contributed by atoms with Crippen LogP contribution in [0.2, 0.25) is 0 Å². The molecule has 4 rings (SSSR count). The number of likely N-dealkylation sites (tertiary alicyclic amines) is 1. The van der Waals surface area contributed by atoms with E-state index in [-0.39, 0.29) is 5.91 Å². The van der Waals surface area contributed by atoms with E-state index in [0.29, 0.717) is 43.3 Å². The van der Waals surface area contributed by atoms with Crippen LogP contribution in [0, 0.1) is 11.8 Å². The SMILES string of the molecule is COc1ccc(CNC(=O)CN2CC3CC(C2)[C@H]2CCCC(=O)N2C3)cc1. The highest BCUT2D eigenvalue weighted by molar-refractivity contribution is 5.78. The Bertz CT molecular complexity index is 690. The van der Waals surface area contributed by atoms with Crippen LogP contribution >= 0.6 is 0 Å². The summed E-state index contributed by atoms with van der Waals surface area (Å²) in [6.45, 7) is 3.71. The number of nitrogens with zero attached hydrogens (tertiary/aromatic N) is 2. The fourth-order valence-corrected chi connectivity index (χ4v) is 5.04. The predicted octanol–water partition coefficient (Wildman–Crippen LogP) is 1.64. The lowest BCUT2D eigenvalue weighted by Crippen LogP contribution is -2.61. The molecule has 27 heavy (non-hydrogen) atoms. The number of piperidine rings is 3. The van der Waals surface area contributed by atoms with E-state index in [0.717, 1.165) is 43.8 Å². The highest BCUT2D eigenvalue weighted by Crippen LogP contribution is 2.37. The van der Waals surface area contributed by atoms with Crippen LogP contribution in [0.4, 0.5) is 0 Å². The molecule has 1 aromatic rings. The molecule has 3 saturated heterocycles. The quantitative estimate of drug-likeness (QED) is 0.855. The number of ether oxygens (including phenoxy) is 1. The maximum Gasteiger partial charge on any atom is 0.234 e. The van der Waals surface area contributed by atoms with Crippen LogP contribution in [0.3, 0.4) is 0 Å². The van der Waals surface area contributed by atoms with Crippen molar-refractivity contribution in [1.82, 2.24) is 15.1 Å². The van der Waals surface area contributed by atoms with Gasteiger partial charge in [0, 0.05) is 38.6 Å². The van der Waals surface area contributed by atoms with E-state index in [9.17, 15) is 9.59 Å². The number of rotatable bonds is 5. The molecule has 0 spiro atoms. The van der Waals surface area contributed by atoms with Gasteiger partial charge in [-0.05, 0) is 48.8 Å². The van der Waals surface area contributed by atoms with E-state index in [1.54, 1.807) is 7.11 Å². The molecule has 0 radical (unpaired) electrons. The standard InChI is InChI=1S/C21H29N3O3/c1-27-18-7-5-15(6-8-18)10-22-20(25)14-23-11-16-9-17(13-23)19-3-2-4-21(26)24(19)12-16/h5-8,16-17,19H,2-4,9-14H2,1H3,(H,22,25)/t16?,17?,19-/m1/s1. The summed E-state index contributed by atoms with van der Waals surface area (Å²) in [6.07, 6.45) is 4.07. The summed E-state index contributed by atoms with van der Waals surface area (Å²) < 4.78 is 5.16. The van der Waals surface area contributed by atoms with E-state index in [1.165, 1.54) is 6.42 Å². The highest BCUT2D eigenvalue weighted by atomic mass is 16.5. The minimum atomic E-state index is 0.0716. The van der Waals surface area contributed by atoms with Crippen LogP contribution in [0.1, 0.15) is 31.2 Å². The van der Waals surface area contributed by atoms with Crippen LogP contribution in [0.25, 0.3) is 0 Å². The number of fused-ring (bicyclic) bond motifs is 4. The number of hydrogen-bond acceptors (Lipinski definition) is 4. The predicted molar refractivity (Wildman–Crippen MR) is 102 cm³/mol. The van der Waals surface area contributed by atoms with E-state index in [2.05, 4.69) is 15.1 Å². The number of methoxy groups -OCH3 is 1. The molecule has 1 aromatic carbocycles. The Labute approximate surface area is 160 Å². The van der Waals surface area contributed by atoms with Crippen molar-refractivity contribution in [3.05, 3.63) is 29.8 Å². The van der Waals surface area contributed by atoms with Crippen molar-refractivity contribution in [3.63, 3.8) is 0 Å². The van der Waals surface area contributed by atoms with Crippen LogP contribution < -0.4 is 10.1 Å². The van der Waals surface area contributed by atoms with Crippen molar-refractivity contribution in [2.75, 3.05) is 33.3 Å². The van der Waals surface area contributed by atoms with E-state index < -0.39 is 0 Å². The van der Waals surface area contributed by atoms with Crippen molar-refractivity contribution >= 4 is 11.8 Å². The summed E-state index contributed by atoms with van der Waals surface area (Å²) in [7, 11) is 1.65. The monoisotopic (exact) mass is 371 g/mol. The van der Waals surface area contributed by atoms with Gasteiger partial charge < -0.3 is 15.0 Å². The third kappa shape index (κ3) is 4.10. The highest BCUT2D eigenvalue weighted by Gasteiger charge is 2.43. The molecule has 146 valence electrons. The second kappa shape index (κ2) is 7.89. The third-order valence-electron chi connectivity index (χ3n) is 6.27. The first-order valence-corrected chi connectivity index (χ1v) is 10.0. The molecule has 3 aliphatic heterocycles. The largest absolute Gasteiger partial charge is 0.497 e. The third-order valence-corrected chi connectivity index (χ3v) is 6.27. The van der Waals surface area contributed by atoms with Crippen molar-refractivity contribution in [3.8, 4) is 5.75 Å². The minimum Gasteiger partial charge on any atom is -0.497 e. The van der Waals surface area contributed by atoms with Crippen LogP contribution in [0.5, 0.6) is 5.75 Å². The summed E-state index contributed by atoms with van der Waals surface area (Å²) in [6, 6.07) is 8.15. The molecule has 6 heteroatoms. The van der Waals surface area contributed by atoms with Crippen molar-refractivity contribution < 1.29 is 14.3 Å². The zero-order valence-corrected chi connectivity index (χ0v) is 16.0. The molecule has 2 bridgehead atoms. The molecule has 0 aromatic heterocycles. The zero-order valence-electron chi connectivity index (χ0n) is 16.0. The Hall–Kier alpha value is -2.08. The zero-order chi connectivity index (χ0) is 18.8. The van der Waals surface area contributed by atoms with Gasteiger partial charge in [-0.25, -0.2) is 0 Å². The molecular weight excluding hydrogens is 342 g/mol. The Kier molecular flexibility index (Phi) is 5.34. The van der Waals surface area contributed by atoms with Gasteiger partial charge in [0.2, 0.25) is 11.8 Å². The van der Waals surface area contributed by atoms with Crippen molar-refractivity contribution in [1.29, 1.82) is 0 Å². The number of amides is 2. The van der Waals surface area contributed by atoms with Gasteiger partial charge in [-0.2, -0.15) is 0 Å². The molecule has 3 atom stereocenters.